The van der Waals surface area contributed by atoms with Crippen LogP contribution in [0.25, 0.3) is 0 Å². The SMILES string of the molecule is O=C(O)CCC1CCCCN1C(=O)c1ccc(=O)[nH]c1. The molecule has 2 heterocycles. The number of aromatic amines is 1. The summed E-state index contributed by atoms with van der Waals surface area (Å²) in [4.78, 5) is 38.3. The molecule has 2 rings (SSSR count). The largest absolute Gasteiger partial charge is 0.481 e. The highest BCUT2D eigenvalue weighted by molar-refractivity contribution is 5.94. The number of hydrogen-bond donors (Lipinski definition) is 2. The minimum Gasteiger partial charge on any atom is -0.481 e. The zero-order valence-corrected chi connectivity index (χ0v) is 11.2. The molecule has 6 nitrogen and oxygen atoms in total. The maximum atomic E-state index is 12.4. The number of aliphatic carboxylic acids is 1. The van der Waals surface area contributed by atoms with Crippen molar-refractivity contribution < 1.29 is 14.7 Å². The number of piperidine rings is 1. The van der Waals surface area contributed by atoms with E-state index in [9.17, 15) is 14.4 Å². The number of aromatic nitrogens is 1. The molecule has 1 amide bonds. The lowest BCUT2D eigenvalue weighted by Crippen LogP contribution is -2.44. The van der Waals surface area contributed by atoms with Crippen LogP contribution < -0.4 is 5.56 Å². The number of likely N-dealkylation sites (tertiary alicyclic amines) is 1. The Morgan fingerprint density at radius 2 is 2.15 bits per heavy atom. The number of carboxylic acid groups (broad SMARTS) is 1. The fourth-order valence-electron chi connectivity index (χ4n) is 2.57. The van der Waals surface area contributed by atoms with Gasteiger partial charge in [-0.1, -0.05) is 0 Å². The zero-order valence-electron chi connectivity index (χ0n) is 11.2. The third kappa shape index (κ3) is 3.46. The maximum absolute atomic E-state index is 12.4. The van der Waals surface area contributed by atoms with Crippen molar-refractivity contribution in [2.45, 2.75) is 38.1 Å². The van der Waals surface area contributed by atoms with Crippen LogP contribution in [-0.4, -0.2) is 39.5 Å². The van der Waals surface area contributed by atoms with Crippen LogP contribution in [-0.2, 0) is 4.79 Å². The van der Waals surface area contributed by atoms with Crippen molar-refractivity contribution >= 4 is 11.9 Å². The van der Waals surface area contributed by atoms with E-state index in [1.165, 1.54) is 18.3 Å². The summed E-state index contributed by atoms with van der Waals surface area (Å²) < 4.78 is 0. The molecular weight excluding hydrogens is 260 g/mol. The van der Waals surface area contributed by atoms with E-state index in [-0.39, 0.29) is 23.9 Å². The third-order valence-electron chi connectivity index (χ3n) is 3.61. The minimum atomic E-state index is -0.841. The molecule has 0 bridgehead atoms. The van der Waals surface area contributed by atoms with Crippen molar-refractivity contribution in [3.8, 4) is 0 Å². The number of carbonyl (C=O) groups excluding carboxylic acids is 1. The number of hydrogen-bond acceptors (Lipinski definition) is 3. The second-order valence-corrected chi connectivity index (χ2v) is 5.02. The Hall–Kier alpha value is -2.11. The summed E-state index contributed by atoms with van der Waals surface area (Å²) in [5.74, 6) is -0.983. The molecule has 1 saturated heterocycles. The molecule has 0 aliphatic carbocycles. The fraction of sp³-hybridized carbons (Fsp3) is 0.500. The Balaban J connectivity index is 2.10. The topological polar surface area (TPSA) is 90.5 Å². The van der Waals surface area contributed by atoms with Crippen LogP contribution >= 0.6 is 0 Å². The van der Waals surface area contributed by atoms with E-state index in [2.05, 4.69) is 4.98 Å². The molecule has 1 aliphatic rings. The standard InChI is InChI=1S/C14H18N2O4/c17-12-6-4-10(9-15-12)14(20)16-8-2-1-3-11(16)5-7-13(18)19/h4,6,9,11H,1-3,5,7-8H2,(H,15,17)(H,18,19). The quantitative estimate of drug-likeness (QED) is 0.866. The molecule has 108 valence electrons. The number of nitrogens with one attached hydrogen (secondary N) is 1. The van der Waals surface area contributed by atoms with Crippen molar-refractivity contribution in [1.29, 1.82) is 0 Å². The van der Waals surface area contributed by atoms with Crippen molar-refractivity contribution in [2.75, 3.05) is 6.54 Å². The van der Waals surface area contributed by atoms with Crippen LogP contribution in [0.2, 0.25) is 0 Å². The van der Waals surface area contributed by atoms with Gasteiger partial charge in [0.05, 0.1) is 5.56 Å². The van der Waals surface area contributed by atoms with E-state index in [0.29, 0.717) is 18.5 Å². The van der Waals surface area contributed by atoms with E-state index < -0.39 is 5.97 Å². The lowest BCUT2D eigenvalue weighted by molar-refractivity contribution is -0.137. The number of pyridine rings is 1. The fourth-order valence-corrected chi connectivity index (χ4v) is 2.57. The summed E-state index contributed by atoms with van der Waals surface area (Å²) in [6, 6.07) is 2.80. The van der Waals surface area contributed by atoms with Gasteiger partial charge in [0.1, 0.15) is 0 Å². The normalized spacial score (nSPS) is 18.8. The average molecular weight is 278 g/mol. The Labute approximate surface area is 116 Å². The van der Waals surface area contributed by atoms with Gasteiger partial charge in [-0.25, -0.2) is 0 Å². The molecular formula is C14H18N2O4. The molecule has 20 heavy (non-hydrogen) atoms. The minimum absolute atomic E-state index is 0.0284. The van der Waals surface area contributed by atoms with Gasteiger partial charge in [-0.05, 0) is 31.7 Å². The van der Waals surface area contributed by atoms with Gasteiger partial charge in [0.15, 0.2) is 0 Å². The van der Waals surface area contributed by atoms with E-state index in [1.54, 1.807) is 4.90 Å². The first-order valence-electron chi connectivity index (χ1n) is 6.79. The van der Waals surface area contributed by atoms with Gasteiger partial charge in [-0.3, -0.25) is 14.4 Å². The van der Waals surface area contributed by atoms with Gasteiger partial charge in [0.2, 0.25) is 5.56 Å². The van der Waals surface area contributed by atoms with Crippen LogP contribution in [0.4, 0.5) is 0 Å². The predicted octanol–water partition coefficient (Wildman–Crippen LogP) is 1.23. The van der Waals surface area contributed by atoms with Crippen LogP contribution in [0.3, 0.4) is 0 Å². The summed E-state index contributed by atoms with van der Waals surface area (Å²) in [6.45, 7) is 0.641. The first-order valence-corrected chi connectivity index (χ1v) is 6.79. The third-order valence-corrected chi connectivity index (χ3v) is 3.61. The molecule has 1 aromatic heterocycles. The Morgan fingerprint density at radius 1 is 1.35 bits per heavy atom. The summed E-state index contributed by atoms with van der Waals surface area (Å²) >= 11 is 0. The van der Waals surface area contributed by atoms with E-state index in [4.69, 9.17) is 5.11 Å². The van der Waals surface area contributed by atoms with Crippen molar-refractivity contribution in [3.05, 3.63) is 34.2 Å². The molecule has 1 fully saturated rings. The molecule has 1 aliphatic heterocycles. The highest BCUT2D eigenvalue weighted by Gasteiger charge is 2.27. The van der Waals surface area contributed by atoms with Gasteiger partial charge >= 0.3 is 5.97 Å². The second-order valence-electron chi connectivity index (χ2n) is 5.02. The Kier molecular flexibility index (Phi) is 4.55. The number of H-pyrrole nitrogens is 1. The summed E-state index contributed by atoms with van der Waals surface area (Å²) in [7, 11) is 0. The highest BCUT2D eigenvalue weighted by atomic mass is 16.4. The zero-order chi connectivity index (χ0) is 14.5. The monoisotopic (exact) mass is 278 g/mol. The van der Waals surface area contributed by atoms with Gasteiger partial charge in [-0.2, -0.15) is 0 Å². The average Bonchev–Trinajstić information content (AvgIpc) is 2.45. The van der Waals surface area contributed by atoms with Crippen molar-refractivity contribution in [3.63, 3.8) is 0 Å². The lowest BCUT2D eigenvalue weighted by Gasteiger charge is -2.35. The number of nitrogens with zero attached hydrogens (tertiary/aromatic N) is 1. The number of rotatable bonds is 4. The van der Waals surface area contributed by atoms with E-state index >= 15 is 0 Å². The smallest absolute Gasteiger partial charge is 0.303 e. The van der Waals surface area contributed by atoms with Crippen LogP contribution in [0, 0.1) is 0 Å². The van der Waals surface area contributed by atoms with E-state index in [1.807, 2.05) is 0 Å². The molecule has 0 radical (unpaired) electrons. The number of carboxylic acids is 1. The van der Waals surface area contributed by atoms with Gasteiger partial charge in [-0.15, -0.1) is 0 Å². The second kappa shape index (κ2) is 6.36. The van der Waals surface area contributed by atoms with Gasteiger partial charge in [0, 0.05) is 31.3 Å². The molecule has 0 saturated carbocycles. The molecule has 1 atom stereocenters. The summed E-state index contributed by atoms with van der Waals surface area (Å²) in [5.41, 5.74) is 0.189. The van der Waals surface area contributed by atoms with Crippen LogP contribution in [0.1, 0.15) is 42.5 Å². The lowest BCUT2D eigenvalue weighted by atomic mass is 9.97. The van der Waals surface area contributed by atoms with Crippen LogP contribution in [0.15, 0.2) is 23.1 Å². The molecule has 1 aromatic rings. The first kappa shape index (κ1) is 14.3. The van der Waals surface area contributed by atoms with Crippen LogP contribution in [0.5, 0.6) is 0 Å². The molecule has 2 N–H and O–H groups in total. The molecule has 1 unspecified atom stereocenters. The highest BCUT2D eigenvalue weighted by Crippen LogP contribution is 2.22. The summed E-state index contributed by atoms with van der Waals surface area (Å²) in [6.07, 6.45) is 4.73. The number of carbonyl (C=O) groups is 2. The van der Waals surface area contributed by atoms with Crippen molar-refractivity contribution in [1.82, 2.24) is 9.88 Å². The van der Waals surface area contributed by atoms with E-state index in [0.717, 1.165) is 19.3 Å². The Morgan fingerprint density at radius 3 is 2.80 bits per heavy atom. The van der Waals surface area contributed by atoms with Gasteiger partial charge < -0.3 is 15.0 Å². The molecule has 6 heteroatoms. The molecule has 0 aromatic carbocycles. The first-order chi connectivity index (χ1) is 9.58. The Bertz CT molecular complexity index is 532. The maximum Gasteiger partial charge on any atom is 0.303 e. The van der Waals surface area contributed by atoms with Gasteiger partial charge in [0.25, 0.3) is 5.91 Å². The summed E-state index contributed by atoms with van der Waals surface area (Å²) in [5, 5.41) is 8.77. The predicted molar refractivity (Wildman–Crippen MR) is 72.6 cm³/mol. The van der Waals surface area contributed by atoms with Crippen molar-refractivity contribution in [2.24, 2.45) is 0 Å². The molecule has 0 spiro atoms. The number of amides is 1.